The fourth-order valence-corrected chi connectivity index (χ4v) is 3.92. The lowest BCUT2D eigenvalue weighted by Gasteiger charge is -2.44. The fourth-order valence-electron chi connectivity index (χ4n) is 3.92. The second-order valence-electron chi connectivity index (χ2n) is 7.68. The van der Waals surface area contributed by atoms with Gasteiger partial charge in [0.15, 0.2) is 0 Å². The number of hydrogen-bond acceptors (Lipinski definition) is 2. The van der Waals surface area contributed by atoms with Gasteiger partial charge in [-0.25, -0.2) is 0 Å². The first-order valence-corrected chi connectivity index (χ1v) is 9.62. The van der Waals surface area contributed by atoms with Gasteiger partial charge in [-0.15, -0.1) is 0 Å². The number of hydrogen-bond donors (Lipinski definition) is 0. The Hall–Kier alpha value is -2.13. The van der Waals surface area contributed by atoms with Crippen molar-refractivity contribution in [3.63, 3.8) is 0 Å². The third kappa shape index (κ3) is 4.16. The molecule has 3 heteroatoms. The topological polar surface area (TPSA) is 23.6 Å². The van der Waals surface area contributed by atoms with Gasteiger partial charge in [-0.05, 0) is 62.9 Å². The molecule has 1 heterocycles. The van der Waals surface area contributed by atoms with E-state index < -0.39 is 0 Å². The second-order valence-corrected chi connectivity index (χ2v) is 7.68. The molecule has 3 nitrogen and oxygen atoms in total. The van der Waals surface area contributed by atoms with Crippen LogP contribution in [0.4, 0.5) is 0 Å². The molecule has 1 amide bonds. The molecule has 1 aliphatic heterocycles. The van der Waals surface area contributed by atoms with Gasteiger partial charge in [-0.3, -0.25) is 9.69 Å². The first-order valence-electron chi connectivity index (χ1n) is 9.62. The van der Waals surface area contributed by atoms with Crippen molar-refractivity contribution in [1.82, 2.24) is 9.80 Å². The van der Waals surface area contributed by atoms with Crippen LogP contribution in [0.1, 0.15) is 40.9 Å². The van der Waals surface area contributed by atoms with Crippen molar-refractivity contribution < 1.29 is 4.79 Å². The van der Waals surface area contributed by atoms with E-state index in [0.717, 1.165) is 31.6 Å². The van der Waals surface area contributed by atoms with Gasteiger partial charge in [0.2, 0.25) is 0 Å². The molecular weight excluding hydrogens is 320 g/mol. The number of nitrogens with zero attached hydrogens (tertiary/aromatic N) is 2. The monoisotopic (exact) mass is 350 g/mol. The minimum atomic E-state index is 0.162. The molecule has 0 bridgehead atoms. The molecule has 1 saturated heterocycles. The Morgan fingerprint density at radius 2 is 1.62 bits per heavy atom. The molecule has 26 heavy (non-hydrogen) atoms. The Morgan fingerprint density at radius 1 is 0.962 bits per heavy atom. The molecule has 0 N–H and O–H groups in total. The summed E-state index contributed by atoms with van der Waals surface area (Å²) in [6.07, 6.45) is 1.06. The molecule has 0 saturated carbocycles. The summed E-state index contributed by atoms with van der Waals surface area (Å²) in [5.74, 6) is 0.162. The van der Waals surface area contributed by atoms with Gasteiger partial charge >= 0.3 is 0 Å². The van der Waals surface area contributed by atoms with Gasteiger partial charge in [0.25, 0.3) is 5.91 Å². The van der Waals surface area contributed by atoms with Crippen LogP contribution in [0.5, 0.6) is 0 Å². The van der Waals surface area contributed by atoms with Crippen LogP contribution in [0.15, 0.2) is 48.5 Å². The smallest absolute Gasteiger partial charge is 0.253 e. The molecule has 0 spiro atoms. The molecule has 138 valence electrons. The molecule has 0 radical (unpaired) electrons. The van der Waals surface area contributed by atoms with E-state index >= 15 is 0 Å². The molecule has 2 aromatic rings. The maximum absolute atomic E-state index is 12.9. The molecule has 1 fully saturated rings. The van der Waals surface area contributed by atoms with E-state index in [1.165, 1.54) is 16.7 Å². The van der Waals surface area contributed by atoms with Crippen LogP contribution < -0.4 is 0 Å². The highest BCUT2D eigenvalue weighted by Crippen LogP contribution is 2.20. The molecule has 0 aromatic heterocycles. The molecule has 1 aliphatic rings. The van der Waals surface area contributed by atoms with E-state index in [-0.39, 0.29) is 5.91 Å². The Bertz CT molecular complexity index is 744. The summed E-state index contributed by atoms with van der Waals surface area (Å²) in [4.78, 5) is 17.5. The van der Waals surface area contributed by atoms with Crippen LogP contribution in [0.3, 0.4) is 0 Å². The van der Waals surface area contributed by atoms with E-state index in [1.54, 1.807) is 0 Å². The van der Waals surface area contributed by atoms with Crippen molar-refractivity contribution >= 4 is 5.91 Å². The lowest BCUT2D eigenvalue weighted by molar-refractivity contribution is 0.0311. The van der Waals surface area contributed by atoms with Gasteiger partial charge in [0.1, 0.15) is 0 Å². The van der Waals surface area contributed by atoms with Crippen LogP contribution in [0.25, 0.3) is 0 Å². The summed E-state index contributed by atoms with van der Waals surface area (Å²) in [5.41, 5.74) is 4.60. The SMILES string of the molecule is Cc1ccc(C(=O)N2CC(C)N(CCc3ccccc3)C(C)C2)cc1C. The van der Waals surface area contributed by atoms with Gasteiger partial charge in [-0.1, -0.05) is 36.4 Å². The van der Waals surface area contributed by atoms with Crippen LogP contribution >= 0.6 is 0 Å². The minimum absolute atomic E-state index is 0.162. The van der Waals surface area contributed by atoms with Crippen LogP contribution in [0, 0.1) is 13.8 Å². The Kier molecular flexibility index (Phi) is 5.77. The fraction of sp³-hybridized carbons (Fsp3) is 0.435. The number of carbonyl (C=O) groups is 1. The van der Waals surface area contributed by atoms with Gasteiger partial charge in [-0.2, -0.15) is 0 Å². The number of aryl methyl sites for hydroxylation is 2. The largest absolute Gasteiger partial charge is 0.336 e. The summed E-state index contributed by atoms with van der Waals surface area (Å²) in [7, 11) is 0. The zero-order valence-electron chi connectivity index (χ0n) is 16.4. The van der Waals surface area contributed by atoms with Gasteiger partial charge in [0, 0.05) is 37.3 Å². The molecular formula is C23H30N2O. The minimum Gasteiger partial charge on any atom is -0.336 e. The predicted molar refractivity (Wildman–Crippen MR) is 108 cm³/mol. The number of carbonyl (C=O) groups excluding carboxylic acids is 1. The average Bonchev–Trinajstić information content (AvgIpc) is 2.63. The molecule has 0 aliphatic carbocycles. The van der Waals surface area contributed by atoms with Crippen molar-refractivity contribution in [3.8, 4) is 0 Å². The van der Waals surface area contributed by atoms with E-state index in [4.69, 9.17) is 0 Å². The Morgan fingerprint density at radius 3 is 2.23 bits per heavy atom. The van der Waals surface area contributed by atoms with E-state index in [1.807, 2.05) is 23.1 Å². The Labute approximate surface area is 157 Å². The maximum atomic E-state index is 12.9. The summed E-state index contributed by atoms with van der Waals surface area (Å²) in [6.45, 7) is 11.3. The highest BCUT2D eigenvalue weighted by atomic mass is 16.2. The van der Waals surface area contributed by atoms with Crippen molar-refractivity contribution in [2.24, 2.45) is 0 Å². The number of piperazine rings is 1. The summed E-state index contributed by atoms with van der Waals surface area (Å²) in [6, 6.07) is 17.4. The maximum Gasteiger partial charge on any atom is 0.253 e. The lowest BCUT2D eigenvalue weighted by atomic mass is 10.0. The third-order valence-electron chi connectivity index (χ3n) is 5.64. The standard InChI is InChI=1S/C23H30N2O/c1-17-10-11-22(14-18(17)2)23(26)24-15-19(3)25(20(4)16-24)13-12-21-8-6-5-7-9-21/h5-11,14,19-20H,12-13,15-16H2,1-4H3. The highest BCUT2D eigenvalue weighted by molar-refractivity contribution is 5.94. The van der Waals surface area contributed by atoms with Crippen LogP contribution in [-0.4, -0.2) is 47.4 Å². The zero-order valence-corrected chi connectivity index (χ0v) is 16.4. The van der Waals surface area contributed by atoms with E-state index in [2.05, 4.69) is 62.9 Å². The number of benzene rings is 2. The lowest BCUT2D eigenvalue weighted by Crippen LogP contribution is -2.58. The first kappa shape index (κ1) is 18.7. The molecule has 2 aromatic carbocycles. The normalized spacial score (nSPS) is 21.0. The molecule has 2 unspecified atom stereocenters. The van der Waals surface area contributed by atoms with Crippen LogP contribution in [-0.2, 0) is 6.42 Å². The first-order chi connectivity index (χ1) is 12.5. The van der Waals surface area contributed by atoms with Gasteiger partial charge < -0.3 is 4.90 Å². The van der Waals surface area contributed by atoms with Crippen molar-refractivity contribution in [1.29, 1.82) is 0 Å². The van der Waals surface area contributed by atoms with Gasteiger partial charge in [0.05, 0.1) is 0 Å². The third-order valence-corrected chi connectivity index (χ3v) is 5.64. The number of rotatable bonds is 4. The zero-order chi connectivity index (χ0) is 18.7. The summed E-state index contributed by atoms with van der Waals surface area (Å²) < 4.78 is 0. The van der Waals surface area contributed by atoms with E-state index in [0.29, 0.717) is 12.1 Å². The quantitative estimate of drug-likeness (QED) is 0.829. The molecule has 3 rings (SSSR count). The summed E-state index contributed by atoms with van der Waals surface area (Å²) in [5, 5.41) is 0. The summed E-state index contributed by atoms with van der Waals surface area (Å²) >= 11 is 0. The average molecular weight is 351 g/mol. The van der Waals surface area contributed by atoms with Crippen LogP contribution in [0.2, 0.25) is 0 Å². The second kappa shape index (κ2) is 8.05. The number of amides is 1. The molecule has 2 atom stereocenters. The van der Waals surface area contributed by atoms with Crippen molar-refractivity contribution in [2.45, 2.75) is 46.2 Å². The highest BCUT2D eigenvalue weighted by Gasteiger charge is 2.31. The van der Waals surface area contributed by atoms with Crippen molar-refractivity contribution in [3.05, 3.63) is 70.8 Å². The van der Waals surface area contributed by atoms with E-state index in [9.17, 15) is 4.79 Å². The Balaban J connectivity index is 1.63. The van der Waals surface area contributed by atoms with Crippen molar-refractivity contribution in [2.75, 3.05) is 19.6 Å². The predicted octanol–water partition coefficient (Wildman–Crippen LogP) is 4.08.